The minimum Gasteiger partial charge on any atom is -0.388 e. The summed E-state index contributed by atoms with van der Waals surface area (Å²) >= 11 is 0. The molecule has 1 heterocycles. The summed E-state index contributed by atoms with van der Waals surface area (Å²) in [7, 11) is 0. The molecule has 0 amide bonds. The molecule has 5 nitrogen and oxygen atoms in total. The van der Waals surface area contributed by atoms with Gasteiger partial charge in [-0.1, -0.05) is 6.92 Å². The van der Waals surface area contributed by atoms with Crippen molar-refractivity contribution in [2.75, 3.05) is 23.7 Å². The lowest BCUT2D eigenvalue weighted by Crippen LogP contribution is -2.33. The molecule has 1 aromatic rings. The number of hydrogen-bond donors (Lipinski definition) is 3. The largest absolute Gasteiger partial charge is 0.388 e. The zero-order chi connectivity index (χ0) is 12.9. The zero-order valence-corrected chi connectivity index (χ0v) is 10.4. The predicted molar refractivity (Wildman–Crippen MR) is 65.6 cm³/mol. The van der Waals surface area contributed by atoms with E-state index in [-0.39, 0.29) is 12.4 Å². The first-order chi connectivity index (χ1) is 7.98. The Labute approximate surface area is 100 Å². The van der Waals surface area contributed by atoms with Crippen molar-refractivity contribution in [2.45, 2.75) is 32.8 Å². The highest BCUT2D eigenvalue weighted by Gasteiger charge is 2.18. The van der Waals surface area contributed by atoms with Crippen LogP contribution in [0, 0.1) is 5.82 Å². The normalized spacial score (nSPS) is 14.2. The Balaban J connectivity index is 2.72. The minimum atomic E-state index is -0.879. The molecular formula is C11H19FN4O. The summed E-state index contributed by atoms with van der Waals surface area (Å²) in [6, 6.07) is 0. The number of aliphatic hydroxyl groups is 1. The van der Waals surface area contributed by atoms with Crippen LogP contribution in [0.15, 0.2) is 6.20 Å². The molecule has 0 bridgehead atoms. The fourth-order valence-electron chi connectivity index (χ4n) is 1.13. The molecule has 0 fully saturated rings. The average Bonchev–Trinajstić information content (AvgIpc) is 2.30. The topological polar surface area (TPSA) is 70.1 Å². The van der Waals surface area contributed by atoms with Gasteiger partial charge >= 0.3 is 0 Å². The molecule has 96 valence electrons. The summed E-state index contributed by atoms with van der Waals surface area (Å²) in [5.74, 6) is -0.0595. The van der Waals surface area contributed by atoms with Crippen LogP contribution >= 0.6 is 0 Å². The molecule has 1 rings (SSSR count). The van der Waals surface area contributed by atoms with Gasteiger partial charge in [-0.2, -0.15) is 4.98 Å². The first kappa shape index (κ1) is 13.6. The fourth-order valence-corrected chi connectivity index (χ4v) is 1.13. The van der Waals surface area contributed by atoms with Crippen molar-refractivity contribution in [3.8, 4) is 0 Å². The van der Waals surface area contributed by atoms with E-state index in [4.69, 9.17) is 0 Å². The summed E-state index contributed by atoms with van der Waals surface area (Å²) < 4.78 is 13.4. The van der Waals surface area contributed by atoms with Gasteiger partial charge in [0, 0.05) is 13.1 Å². The van der Waals surface area contributed by atoms with Crippen molar-refractivity contribution < 1.29 is 9.50 Å². The molecule has 1 atom stereocenters. The highest BCUT2D eigenvalue weighted by atomic mass is 19.1. The third kappa shape index (κ3) is 4.14. The van der Waals surface area contributed by atoms with E-state index in [1.165, 1.54) is 0 Å². The van der Waals surface area contributed by atoms with Gasteiger partial charge in [-0.05, 0) is 20.3 Å². The first-order valence-electron chi connectivity index (χ1n) is 5.71. The van der Waals surface area contributed by atoms with Gasteiger partial charge < -0.3 is 15.7 Å². The van der Waals surface area contributed by atoms with Crippen LogP contribution in [-0.2, 0) is 0 Å². The Kier molecular flexibility index (Phi) is 4.62. The summed E-state index contributed by atoms with van der Waals surface area (Å²) in [4.78, 5) is 7.77. The highest BCUT2D eigenvalue weighted by Crippen LogP contribution is 2.14. The van der Waals surface area contributed by atoms with E-state index >= 15 is 0 Å². The van der Waals surface area contributed by atoms with Crippen molar-refractivity contribution in [2.24, 2.45) is 0 Å². The van der Waals surface area contributed by atoms with Gasteiger partial charge in [0.15, 0.2) is 11.6 Å². The van der Waals surface area contributed by atoms with Crippen LogP contribution in [0.1, 0.15) is 27.2 Å². The Morgan fingerprint density at radius 2 is 2.12 bits per heavy atom. The van der Waals surface area contributed by atoms with Gasteiger partial charge in [-0.15, -0.1) is 0 Å². The van der Waals surface area contributed by atoms with Gasteiger partial charge in [-0.3, -0.25) is 0 Å². The van der Waals surface area contributed by atoms with Crippen molar-refractivity contribution in [1.29, 1.82) is 0 Å². The molecule has 1 aromatic heterocycles. The molecule has 3 N–H and O–H groups in total. The summed E-state index contributed by atoms with van der Waals surface area (Å²) in [6.45, 7) is 6.36. The Bertz CT molecular complexity index is 370. The quantitative estimate of drug-likeness (QED) is 0.707. The maximum absolute atomic E-state index is 13.4. The molecule has 0 aliphatic heterocycles. The number of nitrogens with one attached hydrogen (secondary N) is 2. The lowest BCUT2D eigenvalue weighted by molar-refractivity contribution is 0.0696. The van der Waals surface area contributed by atoms with Crippen LogP contribution in [0.25, 0.3) is 0 Å². The number of nitrogens with zero attached hydrogens (tertiary/aromatic N) is 2. The molecule has 1 unspecified atom stereocenters. The number of hydrogen-bond acceptors (Lipinski definition) is 5. The second-order valence-electron chi connectivity index (χ2n) is 4.12. The van der Waals surface area contributed by atoms with Crippen LogP contribution in [0.3, 0.4) is 0 Å². The number of halogens is 1. The molecular weight excluding hydrogens is 223 g/mol. The van der Waals surface area contributed by atoms with E-state index in [0.717, 1.165) is 6.20 Å². The Hall–Kier alpha value is -1.43. The van der Waals surface area contributed by atoms with E-state index < -0.39 is 11.4 Å². The third-order valence-corrected chi connectivity index (χ3v) is 2.48. The van der Waals surface area contributed by atoms with E-state index in [1.807, 2.05) is 13.8 Å². The van der Waals surface area contributed by atoms with Crippen LogP contribution in [-0.4, -0.2) is 33.8 Å². The molecule has 17 heavy (non-hydrogen) atoms. The van der Waals surface area contributed by atoms with Crippen LogP contribution < -0.4 is 10.6 Å². The molecule has 0 radical (unpaired) electrons. The second-order valence-corrected chi connectivity index (χ2v) is 4.12. The molecule has 0 saturated heterocycles. The lowest BCUT2D eigenvalue weighted by atomic mass is 10.0. The van der Waals surface area contributed by atoms with E-state index in [9.17, 15) is 9.50 Å². The van der Waals surface area contributed by atoms with Crippen LogP contribution in [0.4, 0.5) is 16.2 Å². The Morgan fingerprint density at radius 3 is 2.71 bits per heavy atom. The molecule has 6 heteroatoms. The van der Waals surface area contributed by atoms with E-state index in [1.54, 1.807) is 6.92 Å². The first-order valence-corrected chi connectivity index (χ1v) is 5.71. The summed E-state index contributed by atoms with van der Waals surface area (Å²) in [5, 5.41) is 15.5. The molecule has 0 saturated carbocycles. The number of rotatable bonds is 6. The van der Waals surface area contributed by atoms with Crippen molar-refractivity contribution in [3.63, 3.8) is 0 Å². The van der Waals surface area contributed by atoms with Gasteiger partial charge in [0.05, 0.1) is 11.8 Å². The van der Waals surface area contributed by atoms with Gasteiger partial charge in [0.25, 0.3) is 0 Å². The molecule has 0 aliphatic carbocycles. The van der Waals surface area contributed by atoms with Crippen LogP contribution in [0.2, 0.25) is 0 Å². The Morgan fingerprint density at radius 1 is 1.41 bits per heavy atom. The minimum absolute atomic E-state index is 0.102. The zero-order valence-electron chi connectivity index (χ0n) is 10.4. The van der Waals surface area contributed by atoms with E-state index in [0.29, 0.717) is 18.9 Å². The SMILES string of the molecule is CCNc1ncc(F)c(NCC(C)(O)CC)n1. The predicted octanol–water partition coefficient (Wildman–Crippen LogP) is 1.62. The van der Waals surface area contributed by atoms with Crippen LogP contribution in [0.5, 0.6) is 0 Å². The lowest BCUT2D eigenvalue weighted by Gasteiger charge is -2.22. The highest BCUT2D eigenvalue weighted by molar-refractivity contribution is 5.41. The molecule has 0 spiro atoms. The molecule has 0 aliphatic rings. The van der Waals surface area contributed by atoms with Crippen molar-refractivity contribution in [1.82, 2.24) is 9.97 Å². The second kappa shape index (κ2) is 5.77. The van der Waals surface area contributed by atoms with Crippen molar-refractivity contribution in [3.05, 3.63) is 12.0 Å². The summed E-state index contributed by atoms with van der Waals surface area (Å²) in [5.41, 5.74) is -0.879. The number of anilines is 2. The third-order valence-electron chi connectivity index (χ3n) is 2.48. The summed E-state index contributed by atoms with van der Waals surface area (Å²) in [6.07, 6.45) is 1.68. The fraction of sp³-hybridized carbons (Fsp3) is 0.636. The average molecular weight is 242 g/mol. The smallest absolute Gasteiger partial charge is 0.224 e. The van der Waals surface area contributed by atoms with E-state index in [2.05, 4.69) is 20.6 Å². The molecule has 0 aromatic carbocycles. The van der Waals surface area contributed by atoms with Gasteiger partial charge in [0.1, 0.15) is 0 Å². The maximum Gasteiger partial charge on any atom is 0.224 e. The van der Waals surface area contributed by atoms with Crippen molar-refractivity contribution >= 4 is 11.8 Å². The van der Waals surface area contributed by atoms with Gasteiger partial charge in [-0.25, -0.2) is 9.37 Å². The standard InChI is InChI=1S/C11H19FN4O/c1-4-11(3,17)7-15-9-8(12)6-14-10(16-9)13-5-2/h6,17H,4-5,7H2,1-3H3,(H2,13,14,15,16). The maximum atomic E-state index is 13.4. The number of aromatic nitrogens is 2. The monoisotopic (exact) mass is 242 g/mol. The van der Waals surface area contributed by atoms with Gasteiger partial charge in [0.2, 0.25) is 5.95 Å².